The van der Waals surface area contributed by atoms with Gasteiger partial charge in [-0.05, 0) is 19.8 Å². The first-order valence-corrected chi connectivity index (χ1v) is 5.00. The van der Waals surface area contributed by atoms with E-state index in [1.807, 2.05) is 6.92 Å². The molecule has 1 fully saturated rings. The molecule has 3 N–H and O–H groups in total. The number of hydrogen-bond donors (Lipinski definition) is 3. The van der Waals surface area contributed by atoms with Crippen LogP contribution in [0.15, 0.2) is 0 Å². The molecule has 1 heterocycles. The van der Waals surface area contributed by atoms with Gasteiger partial charge in [0.25, 0.3) is 0 Å². The van der Waals surface area contributed by atoms with E-state index in [4.69, 9.17) is 15.1 Å². The van der Waals surface area contributed by atoms with Crippen molar-refractivity contribution in [3.63, 3.8) is 0 Å². The summed E-state index contributed by atoms with van der Waals surface area (Å²) in [5.74, 6) is -3.10. The van der Waals surface area contributed by atoms with Gasteiger partial charge in [-0.2, -0.15) is 5.06 Å². The number of carboxylic acid groups (broad SMARTS) is 2. The van der Waals surface area contributed by atoms with Gasteiger partial charge in [0, 0.05) is 12.6 Å². The predicted octanol–water partition coefficient (Wildman–Crippen LogP) is -0.699. The van der Waals surface area contributed by atoms with Crippen LogP contribution in [0.3, 0.4) is 0 Å². The Morgan fingerprint density at radius 1 is 1.38 bits per heavy atom. The molecule has 7 nitrogen and oxygen atoms in total. The molecular weight excluding hydrogens is 218 g/mol. The molecule has 0 bridgehead atoms. The first-order valence-electron chi connectivity index (χ1n) is 5.00. The lowest BCUT2D eigenvalue weighted by Gasteiger charge is -2.25. The van der Waals surface area contributed by atoms with Crippen molar-refractivity contribution < 1.29 is 29.7 Å². The highest BCUT2D eigenvalue weighted by molar-refractivity contribution is 5.83. The van der Waals surface area contributed by atoms with Gasteiger partial charge in [-0.15, -0.1) is 0 Å². The molecule has 0 aliphatic carbocycles. The summed E-state index contributed by atoms with van der Waals surface area (Å²) in [7, 11) is 0. The third-order valence-corrected chi connectivity index (χ3v) is 2.52. The molecule has 92 valence electrons. The summed E-state index contributed by atoms with van der Waals surface area (Å²) in [5, 5.41) is 27.9. The molecule has 1 aliphatic rings. The molecule has 1 aliphatic heterocycles. The number of hydrogen-bond acceptors (Lipinski definition) is 5. The van der Waals surface area contributed by atoms with Gasteiger partial charge in [0.1, 0.15) is 0 Å². The smallest absolute Gasteiger partial charge is 0.338 e. The van der Waals surface area contributed by atoms with Crippen molar-refractivity contribution in [3.8, 4) is 0 Å². The van der Waals surface area contributed by atoms with E-state index in [2.05, 4.69) is 0 Å². The van der Waals surface area contributed by atoms with Gasteiger partial charge < -0.3 is 15.3 Å². The second-order valence-corrected chi connectivity index (χ2v) is 3.78. The van der Waals surface area contributed by atoms with Crippen LogP contribution in [0, 0.1) is 0 Å². The average molecular weight is 233 g/mol. The number of aliphatic hydroxyl groups is 1. The highest BCUT2D eigenvalue weighted by atomic mass is 16.7. The average Bonchev–Trinajstić information content (AvgIpc) is 2.59. The van der Waals surface area contributed by atoms with E-state index in [0.717, 1.165) is 12.8 Å². The van der Waals surface area contributed by atoms with Crippen molar-refractivity contribution in [3.05, 3.63) is 0 Å². The molecule has 0 aromatic rings. The topological polar surface area (TPSA) is 107 Å². The van der Waals surface area contributed by atoms with Crippen molar-refractivity contribution in [2.24, 2.45) is 0 Å². The molecule has 0 aromatic carbocycles. The van der Waals surface area contributed by atoms with E-state index >= 15 is 0 Å². The molecule has 3 atom stereocenters. The Morgan fingerprint density at radius 2 is 2.00 bits per heavy atom. The molecule has 1 saturated heterocycles. The standard InChI is InChI=1S/C9H15NO6/c1-5-3-2-4-10(5)16-7(9(14)15)6(11)8(12)13/h5-7,11H,2-4H2,1H3,(H,12,13)(H,14,15)/t5-,6?,7?/m0/s1. The van der Waals surface area contributed by atoms with Crippen LogP contribution in [0.5, 0.6) is 0 Å². The maximum Gasteiger partial charge on any atom is 0.338 e. The van der Waals surface area contributed by atoms with Crippen molar-refractivity contribution in [2.75, 3.05) is 6.54 Å². The number of aliphatic carboxylic acids is 2. The van der Waals surface area contributed by atoms with Gasteiger partial charge in [0.15, 0.2) is 6.10 Å². The number of nitrogens with zero attached hydrogens (tertiary/aromatic N) is 1. The molecule has 7 heteroatoms. The summed E-state index contributed by atoms with van der Waals surface area (Å²) in [6.07, 6.45) is -2.12. The van der Waals surface area contributed by atoms with Crippen LogP contribution in [0.4, 0.5) is 0 Å². The second kappa shape index (κ2) is 5.24. The van der Waals surface area contributed by atoms with Gasteiger partial charge >= 0.3 is 11.9 Å². The van der Waals surface area contributed by atoms with Crippen LogP contribution in [0.1, 0.15) is 19.8 Å². The largest absolute Gasteiger partial charge is 0.479 e. The quantitative estimate of drug-likeness (QED) is 0.576. The summed E-state index contributed by atoms with van der Waals surface area (Å²) in [6.45, 7) is 2.39. The lowest BCUT2D eigenvalue weighted by Crippen LogP contribution is -2.46. The van der Waals surface area contributed by atoms with Gasteiger partial charge in [-0.3, -0.25) is 4.84 Å². The van der Waals surface area contributed by atoms with E-state index in [1.165, 1.54) is 5.06 Å². The fraction of sp³-hybridized carbons (Fsp3) is 0.778. The lowest BCUT2D eigenvalue weighted by atomic mass is 10.2. The zero-order chi connectivity index (χ0) is 12.3. The van der Waals surface area contributed by atoms with Gasteiger partial charge in [0.2, 0.25) is 6.10 Å². The van der Waals surface area contributed by atoms with Crippen LogP contribution < -0.4 is 0 Å². The first kappa shape index (κ1) is 12.9. The minimum Gasteiger partial charge on any atom is -0.479 e. The minimum atomic E-state index is -2.06. The van der Waals surface area contributed by atoms with Crippen LogP contribution in [-0.4, -0.2) is 57.1 Å². The highest BCUT2D eigenvalue weighted by Crippen LogP contribution is 2.18. The first-order chi connectivity index (χ1) is 7.43. The Kier molecular flexibility index (Phi) is 4.22. The van der Waals surface area contributed by atoms with Crippen LogP contribution in [0.25, 0.3) is 0 Å². The summed E-state index contributed by atoms with van der Waals surface area (Å²) in [5.41, 5.74) is 0. The Morgan fingerprint density at radius 3 is 2.38 bits per heavy atom. The molecule has 2 unspecified atom stereocenters. The molecule has 16 heavy (non-hydrogen) atoms. The normalized spacial score (nSPS) is 25.2. The molecular formula is C9H15NO6. The van der Waals surface area contributed by atoms with Crippen molar-refractivity contribution in [1.29, 1.82) is 0 Å². The SMILES string of the molecule is C[C@H]1CCCN1OC(C(=O)O)C(O)C(=O)O. The molecule has 0 amide bonds. The number of carbonyl (C=O) groups is 2. The van der Waals surface area contributed by atoms with Gasteiger partial charge in [0.05, 0.1) is 0 Å². The van der Waals surface area contributed by atoms with E-state index in [-0.39, 0.29) is 6.04 Å². The van der Waals surface area contributed by atoms with Crippen LogP contribution in [0.2, 0.25) is 0 Å². The Labute approximate surface area is 92.2 Å². The molecule has 0 aromatic heterocycles. The van der Waals surface area contributed by atoms with Crippen molar-refractivity contribution >= 4 is 11.9 Å². The lowest BCUT2D eigenvalue weighted by molar-refractivity contribution is -0.234. The third kappa shape index (κ3) is 2.91. The van der Waals surface area contributed by atoms with Crippen molar-refractivity contribution in [2.45, 2.75) is 38.0 Å². The second-order valence-electron chi connectivity index (χ2n) is 3.78. The van der Waals surface area contributed by atoms with E-state index in [1.54, 1.807) is 0 Å². The highest BCUT2D eigenvalue weighted by Gasteiger charge is 2.37. The molecule has 0 saturated carbocycles. The maximum absolute atomic E-state index is 10.8. The zero-order valence-electron chi connectivity index (χ0n) is 8.87. The minimum absolute atomic E-state index is 0.0304. The third-order valence-electron chi connectivity index (χ3n) is 2.52. The zero-order valence-corrected chi connectivity index (χ0v) is 8.87. The Hall–Kier alpha value is -1.18. The maximum atomic E-state index is 10.8. The Balaban J connectivity index is 2.64. The number of hydroxylamine groups is 2. The summed E-state index contributed by atoms with van der Waals surface area (Å²) in [6, 6.07) is 0.0304. The monoisotopic (exact) mass is 233 g/mol. The van der Waals surface area contributed by atoms with E-state index in [0.29, 0.717) is 6.54 Å². The number of rotatable bonds is 5. The predicted molar refractivity (Wildman–Crippen MR) is 51.6 cm³/mol. The fourth-order valence-electron chi connectivity index (χ4n) is 1.58. The number of aliphatic hydroxyl groups excluding tert-OH is 1. The summed E-state index contributed by atoms with van der Waals surface area (Å²) in [4.78, 5) is 26.3. The fourth-order valence-corrected chi connectivity index (χ4v) is 1.58. The molecule has 0 radical (unpaired) electrons. The summed E-state index contributed by atoms with van der Waals surface area (Å²) >= 11 is 0. The summed E-state index contributed by atoms with van der Waals surface area (Å²) < 4.78 is 0. The Bertz CT molecular complexity index is 281. The van der Waals surface area contributed by atoms with Gasteiger partial charge in [-0.25, -0.2) is 9.59 Å². The van der Waals surface area contributed by atoms with Crippen molar-refractivity contribution in [1.82, 2.24) is 5.06 Å². The van der Waals surface area contributed by atoms with Crippen LogP contribution in [-0.2, 0) is 14.4 Å². The number of carboxylic acids is 2. The van der Waals surface area contributed by atoms with Gasteiger partial charge in [-0.1, -0.05) is 0 Å². The molecule has 0 spiro atoms. The molecule has 1 rings (SSSR count). The van der Waals surface area contributed by atoms with Crippen LogP contribution >= 0.6 is 0 Å². The van der Waals surface area contributed by atoms with E-state index in [9.17, 15) is 14.7 Å². The van der Waals surface area contributed by atoms with E-state index < -0.39 is 24.1 Å².